The van der Waals surface area contributed by atoms with E-state index in [0.717, 1.165) is 12.2 Å². The summed E-state index contributed by atoms with van der Waals surface area (Å²) >= 11 is 1.37. The average molecular weight is 171 g/mol. The Morgan fingerprint density at radius 3 is 2.45 bits per heavy atom. The number of anilines is 1. The summed E-state index contributed by atoms with van der Waals surface area (Å²) in [6, 6.07) is 0. The quantitative estimate of drug-likeness (QED) is 0.527. The van der Waals surface area contributed by atoms with Crippen LogP contribution in [0.1, 0.15) is 13.3 Å². The van der Waals surface area contributed by atoms with Crippen molar-refractivity contribution in [3.05, 3.63) is 20.4 Å². The molecule has 0 saturated heterocycles. The fourth-order valence-corrected chi connectivity index (χ4v) is 1.62. The van der Waals surface area contributed by atoms with Crippen LogP contribution in [0.3, 0.4) is 0 Å². The second-order valence-electron chi connectivity index (χ2n) is 2.25. The molecule has 0 atom stereocenters. The van der Waals surface area contributed by atoms with Crippen LogP contribution in [0.25, 0.3) is 0 Å². The third-order valence-corrected chi connectivity index (χ3v) is 2.66. The molecule has 1 aromatic carbocycles. The Kier molecular flexibility index (Phi) is 2.34. The molecular formula is C7H9NO2S. The van der Waals surface area contributed by atoms with E-state index in [0.29, 0.717) is 4.90 Å². The molecule has 0 amide bonds. The normalized spacial score (nSPS) is 10.6. The summed E-state index contributed by atoms with van der Waals surface area (Å²) < 4.78 is 0. The first kappa shape index (κ1) is 8.33. The van der Waals surface area contributed by atoms with E-state index >= 15 is 0 Å². The highest BCUT2D eigenvalue weighted by Crippen LogP contribution is 2.19. The monoisotopic (exact) mass is 171 g/mol. The van der Waals surface area contributed by atoms with Gasteiger partial charge in [-0.3, -0.25) is 9.59 Å². The Balaban J connectivity index is 2.75. The minimum absolute atomic E-state index is 0.147. The summed E-state index contributed by atoms with van der Waals surface area (Å²) in [6.07, 6.45) is 0.975. The maximum Gasteiger partial charge on any atom is 0.251 e. The van der Waals surface area contributed by atoms with Gasteiger partial charge in [-0.25, -0.2) is 0 Å². The predicted molar refractivity (Wildman–Crippen MR) is 46.8 cm³/mol. The number of hydrogen-bond donors (Lipinski definition) is 1. The second kappa shape index (κ2) is 3.09. The van der Waals surface area contributed by atoms with Gasteiger partial charge in [0, 0.05) is 0 Å². The zero-order valence-electron chi connectivity index (χ0n) is 6.22. The van der Waals surface area contributed by atoms with Crippen molar-refractivity contribution in [3.8, 4) is 0 Å². The molecule has 1 aromatic rings. The fraction of sp³-hybridized carbons (Fsp3) is 0.429. The molecule has 0 heterocycles. The lowest BCUT2D eigenvalue weighted by Crippen LogP contribution is -2.35. The predicted octanol–water partition coefficient (Wildman–Crippen LogP) is 0.367. The Morgan fingerprint density at radius 1 is 1.36 bits per heavy atom. The smallest absolute Gasteiger partial charge is 0.251 e. The van der Waals surface area contributed by atoms with Crippen LogP contribution in [-0.2, 0) is 0 Å². The zero-order chi connectivity index (χ0) is 8.43. The molecule has 0 fully saturated rings. The second-order valence-corrected chi connectivity index (χ2v) is 3.35. The Labute approximate surface area is 68.3 Å². The topological polar surface area (TPSA) is 60.2 Å². The lowest BCUT2D eigenvalue weighted by molar-refractivity contribution is 1.10. The summed E-state index contributed by atoms with van der Waals surface area (Å²) in [4.78, 5) is 21.8. The fourth-order valence-electron chi connectivity index (χ4n) is 0.736. The first-order chi connectivity index (χ1) is 5.18. The molecule has 0 spiro atoms. The molecule has 60 valence electrons. The SMILES string of the molecule is CCCSc1c(N)c(=O)c1=O. The van der Waals surface area contributed by atoms with Gasteiger partial charge in [0.25, 0.3) is 5.43 Å². The molecule has 2 N–H and O–H groups in total. The molecule has 4 heteroatoms. The molecule has 0 aromatic heterocycles. The van der Waals surface area contributed by atoms with Gasteiger partial charge in [0.2, 0.25) is 5.43 Å². The highest BCUT2D eigenvalue weighted by Gasteiger charge is 2.17. The van der Waals surface area contributed by atoms with Crippen LogP contribution in [0.2, 0.25) is 0 Å². The Morgan fingerprint density at radius 2 is 2.00 bits per heavy atom. The van der Waals surface area contributed by atoms with E-state index in [1.807, 2.05) is 6.92 Å². The van der Waals surface area contributed by atoms with Gasteiger partial charge in [-0.2, -0.15) is 0 Å². The summed E-state index contributed by atoms with van der Waals surface area (Å²) in [5, 5.41) is 0. The molecule has 11 heavy (non-hydrogen) atoms. The van der Waals surface area contributed by atoms with E-state index in [-0.39, 0.29) is 5.69 Å². The molecule has 0 bridgehead atoms. The van der Waals surface area contributed by atoms with Crippen molar-refractivity contribution in [1.82, 2.24) is 0 Å². The van der Waals surface area contributed by atoms with Gasteiger partial charge in [-0.05, 0) is 12.2 Å². The lowest BCUT2D eigenvalue weighted by Gasteiger charge is -2.03. The molecule has 0 aliphatic carbocycles. The van der Waals surface area contributed by atoms with E-state index < -0.39 is 10.9 Å². The lowest BCUT2D eigenvalue weighted by atomic mass is 10.3. The van der Waals surface area contributed by atoms with Crippen molar-refractivity contribution in [3.63, 3.8) is 0 Å². The van der Waals surface area contributed by atoms with Crippen molar-refractivity contribution in [2.75, 3.05) is 11.5 Å². The van der Waals surface area contributed by atoms with Gasteiger partial charge >= 0.3 is 0 Å². The van der Waals surface area contributed by atoms with Gasteiger partial charge in [-0.1, -0.05) is 6.92 Å². The van der Waals surface area contributed by atoms with Crippen molar-refractivity contribution >= 4 is 17.4 Å². The van der Waals surface area contributed by atoms with Crippen LogP contribution in [0.15, 0.2) is 14.5 Å². The molecule has 0 aliphatic rings. The first-order valence-electron chi connectivity index (χ1n) is 3.40. The Hall–Kier alpha value is -0.770. The van der Waals surface area contributed by atoms with Crippen molar-refractivity contribution < 1.29 is 0 Å². The maximum atomic E-state index is 10.8. The highest BCUT2D eigenvalue weighted by atomic mass is 32.2. The van der Waals surface area contributed by atoms with Crippen LogP contribution >= 0.6 is 11.8 Å². The van der Waals surface area contributed by atoms with Gasteiger partial charge in [0.1, 0.15) is 5.69 Å². The molecule has 0 unspecified atom stereocenters. The summed E-state index contributed by atoms with van der Waals surface area (Å²) in [5.41, 5.74) is 4.49. The van der Waals surface area contributed by atoms with E-state index in [4.69, 9.17) is 5.73 Å². The average Bonchev–Trinajstić information content (AvgIpc) is 2.04. The standard InChI is InChI=1S/C7H9NO2S/c1-2-3-11-7-4(8)5(9)6(7)10/h2-3,8H2,1H3. The van der Waals surface area contributed by atoms with Crippen LogP contribution in [0, 0.1) is 0 Å². The first-order valence-corrected chi connectivity index (χ1v) is 4.38. The number of hydrogen-bond acceptors (Lipinski definition) is 4. The zero-order valence-corrected chi connectivity index (χ0v) is 7.03. The van der Waals surface area contributed by atoms with Crippen LogP contribution in [0.4, 0.5) is 5.69 Å². The number of thioether (sulfide) groups is 1. The Bertz CT molecular complexity index is 325. The van der Waals surface area contributed by atoms with Gasteiger partial charge in [0.15, 0.2) is 0 Å². The molecular weight excluding hydrogens is 162 g/mol. The van der Waals surface area contributed by atoms with E-state index in [1.54, 1.807) is 0 Å². The summed E-state index contributed by atoms with van der Waals surface area (Å²) in [5.74, 6) is 0.842. The summed E-state index contributed by atoms with van der Waals surface area (Å²) in [6.45, 7) is 2.01. The van der Waals surface area contributed by atoms with Crippen LogP contribution in [0.5, 0.6) is 0 Å². The molecule has 0 saturated carbocycles. The molecule has 3 nitrogen and oxygen atoms in total. The van der Waals surface area contributed by atoms with Gasteiger partial charge in [0.05, 0.1) is 4.90 Å². The van der Waals surface area contributed by atoms with Crippen LogP contribution < -0.4 is 16.6 Å². The third-order valence-electron chi connectivity index (χ3n) is 1.35. The largest absolute Gasteiger partial charge is 0.394 e. The highest BCUT2D eigenvalue weighted by molar-refractivity contribution is 7.99. The minimum Gasteiger partial charge on any atom is -0.394 e. The van der Waals surface area contributed by atoms with E-state index in [1.165, 1.54) is 11.8 Å². The third kappa shape index (κ3) is 1.30. The van der Waals surface area contributed by atoms with Gasteiger partial charge in [-0.15, -0.1) is 11.8 Å². The maximum absolute atomic E-state index is 10.8. The minimum atomic E-state index is -0.524. The number of nitrogens with two attached hydrogens (primary N) is 1. The van der Waals surface area contributed by atoms with E-state index in [9.17, 15) is 9.59 Å². The number of nitrogen functional groups attached to an aromatic ring is 1. The molecule has 1 rings (SSSR count). The van der Waals surface area contributed by atoms with Crippen LogP contribution in [-0.4, -0.2) is 5.75 Å². The molecule has 0 aliphatic heterocycles. The van der Waals surface area contributed by atoms with Crippen molar-refractivity contribution in [1.29, 1.82) is 0 Å². The van der Waals surface area contributed by atoms with Crippen molar-refractivity contribution in [2.24, 2.45) is 0 Å². The summed E-state index contributed by atoms with van der Waals surface area (Å²) in [7, 11) is 0. The van der Waals surface area contributed by atoms with E-state index in [2.05, 4.69) is 0 Å². The van der Waals surface area contributed by atoms with Crippen molar-refractivity contribution in [2.45, 2.75) is 18.2 Å². The van der Waals surface area contributed by atoms with Gasteiger partial charge < -0.3 is 5.73 Å². The molecule has 0 radical (unpaired) electrons. The number of rotatable bonds is 3.